The van der Waals surface area contributed by atoms with Crippen LogP contribution in [-0.4, -0.2) is 62.3 Å². The highest BCUT2D eigenvalue weighted by molar-refractivity contribution is 6.31. The lowest BCUT2D eigenvalue weighted by Crippen LogP contribution is -2.58. The van der Waals surface area contributed by atoms with Gasteiger partial charge in [-0.3, -0.25) is 0 Å². The maximum Gasteiger partial charge on any atom is 0.258 e. The van der Waals surface area contributed by atoms with Crippen LogP contribution in [0.15, 0.2) is 18.6 Å². The Morgan fingerprint density at radius 3 is 2.66 bits per heavy atom. The average Bonchev–Trinajstić information content (AvgIpc) is 3.27. The Morgan fingerprint density at radius 1 is 1.10 bits per heavy atom. The van der Waals surface area contributed by atoms with Crippen molar-refractivity contribution in [1.82, 2.24) is 29.7 Å². The third kappa shape index (κ3) is 3.25. The van der Waals surface area contributed by atoms with Crippen LogP contribution in [0.5, 0.6) is 0 Å². The minimum atomic E-state index is -2.49. The van der Waals surface area contributed by atoms with Crippen LogP contribution in [0.4, 0.5) is 20.5 Å². The molecule has 8 nitrogen and oxygen atoms in total. The van der Waals surface area contributed by atoms with Crippen molar-refractivity contribution < 1.29 is 8.78 Å². The summed E-state index contributed by atoms with van der Waals surface area (Å²) in [6.45, 7) is 4.79. The monoisotopic (exact) mass is 420 g/mol. The molecule has 29 heavy (non-hydrogen) atoms. The number of aryl methyl sites for hydroxylation is 1. The number of rotatable bonds is 4. The minimum Gasteiger partial charge on any atom is -0.355 e. The number of nitrogens with zero attached hydrogens (tertiary/aromatic N) is 8. The van der Waals surface area contributed by atoms with Crippen LogP contribution in [0, 0.1) is 12.3 Å². The van der Waals surface area contributed by atoms with Gasteiger partial charge in [0.25, 0.3) is 6.43 Å². The van der Waals surface area contributed by atoms with Crippen LogP contribution in [0.25, 0.3) is 11.2 Å². The zero-order valence-corrected chi connectivity index (χ0v) is 16.5. The van der Waals surface area contributed by atoms with Gasteiger partial charge in [0.1, 0.15) is 17.9 Å². The number of hydrogen-bond acceptors (Lipinski definition) is 7. The van der Waals surface area contributed by atoms with Crippen molar-refractivity contribution in [2.45, 2.75) is 26.3 Å². The molecule has 2 saturated heterocycles. The van der Waals surface area contributed by atoms with Gasteiger partial charge in [-0.15, -0.1) is 0 Å². The molecule has 0 N–H and O–H groups in total. The average molecular weight is 421 g/mol. The molecule has 5 rings (SSSR count). The van der Waals surface area contributed by atoms with Crippen molar-refractivity contribution >= 4 is 34.5 Å². The molecular formula is C18H19ClF2N8. The number of anilines is 2. The maximum atomic E-state index is 12.8. The summed E-state index contributed by atoms with van der Waals surface area (Å²) in [6, 6.07) is 0. The van der Waals surface area contributed by atoms with Crippen LogP contribution in [0.3, 0.4) is 0 Å². The van der Waals surface area contributed by atoms with Crippen molar-refractivity contribution in [3.8, 4) is 0 Å². The zero-order valence-electron chi connectivity index (χ0n) is 15.8. The summed E-state index contributed by atoms with van der Waals surface area (Å²) in [5.41, 5.74) is 1.84. The molecule has 0 radical (unpaired) electrons. The lowest BCUT2D eigenvalue weighted by Gasteiger charge is -2.48. The maximum absolute atomic E-state index is 12.8. The van der Waals surface area contributed by atoms with Crippen molar-refractivity contribution in [3.05, 3.63) is 29.3 Å². The van der Waals surface area contributed by atoms with E-state index in [2.05, 4.69) is 34.8 Å². The van der Waals surface area contributed by atoms with Crippen LogP contribution in [-0.2, 0) is 6.54 Å². The molecule has 2 fully saturated rings. The molecule has 3 aromatic rings. The van der Waals surface area contributed by atoms with Gasteiger partial charge < -0.3 is 9.80 Å². The van der Waals surface area contributed by atoms with E-state index in [1.807, 2.05) is 6.92 Å². The molecule has 2 aliphatic rings. The van der Waals surface area contributed by atoms with E-state index in [4.69, 9.17) is 11.6 Å². The second-order valence-corrected chi connectivity index (χ2v) is 8.19. The lowest BCUT2D eigenvalue weighted by molar-refractivity contribution is 0.123. The van der Waals surface area contributed by atoms with E-state index in [0.29, 0.717) is 28.0 Å². The first-order valence-corrected chi connectivity index (χ1v) is 9.76. The van der Waals surface area contributed by atoms with E-state index in [9.17, 15) is 8.78 Å². The SMILES string of the molecule is Cc1nc(N2CC3(CCN(c4cnc5cnn(CC(F)F)c5n4)C3)C2)ncc1Cl. The Balaban J connectivity index is 1.30. The first-order chi connectivity index (χ1) is 13.9. The molecule has 3 aromatic heterocycles. The summed E-state index contributed by atoms with van der Waals surface area (Å²) in [7, 11) is 0. The summed E-state index contributed by atoms with van der Waals surface area (Å²) in [6.07, 6.45) is 3.33. The number of alkyl halides is 2. The predicted molar refractivity (Wildman–Crippen MR) is 105 cm³/mol. The molecule has 2 aliphatic heterocycles. The summed E-state index contributed by atoms with van der Waals surface area (Å²) in [4.78, 5) is 22.0. The molecule has 0 bridgehead atoms. The molecule has 152 valence electrons. The first kappa shape index (κ1) is 18.4. The van der Waals surface area contributed by atoms with Crippen molar-refractivity contribution in [1.29, 1.82) is 0 Å². The molecule has 0 unspecified atom stereocenters. The second kappa shape index (κ2) is 6.72. The fraction of sp³-hybridized carbons (Fsp3) is 0.500. The highest BCUT2D eigenvalue weighted by Crippen LogP contribution is 2.42. The number of fused-ring (bicyclic) bond motifs is 1. The fourth-order valence-corrected chi connectivity index (χ4v) is 4.23. The van der Waals surface area contributed by atoms with Crippen LogP contribution < -0.4 is 9.80 Å². The molecular weight excluding hydrogens is 402 g/mol. The Hall–Kier alpha value is -2.62. The van der Waals surface area contributed by atoms with Gasteiger partial charge in [-0.25, -0.2) is 33.4 Å². The lowest BCUT2D eigenvalue weighted by atomic mass is 9.79. The third-order valence-electron chi connectivity index (χ3n) is 5.65. The topological polar surface area (TPSA) is 75.9 Å². The number of hydrogen-bond donors (Lipinski definition) is 0. The second-order valence-electron chi connectivity index (χ2n) is 7.79. The van der Waals surface area contributed by atoms with E-state index in [0.717, 1.165) is 38.3 Å². The summed E-state index contributed by atoms with van der Waals surface area (Å²) >= 11 is 6.02. The largest absolute Gasteiger partial charge is 0.355 e. The smallest absolute Gasteiger partial charge is 0.258 e. The van der Waals surface area contributed by atoms with Gasteiger partial charge in [-0.2, -0.15) is 5.10 Å². The Kier molecular flexibility index (Phi) is 4.27. The van der Waals surface area contributed by atoms with E-state index in [1.165, 1.54) is 10.9 Å². The molecule has 1 spiro atoms. The Bertz CT molecular complexity index is 1070. The molecule has 0 amide bonds. The molecule has 5 heterocycles. The summed E-state index contributed by atoms with van der Waals surface area (Å²) in [5, 5.41) is 4.54. The van der Waals surface area contributed by atoms with E-state index in [-0.39, 0.29) is 5.41 Å². The van der Waals surface area contributed by atoms with Gasteiger partial charge in [0, 0.05) is 31.6 Å². The predicted octanol–water partition coefficient (Wildman–Crippen LogP) is 2.56. The first-order valence-electron chi connectivity index (χ1n) is 9.38. The van der Waals surface area contributed by atoms with Crippen molar-refractivity contribution in [3.63, 3.8) is 0 Å². The summed E-state index contributed by atoms with van der Waals surface area (Å²) in [5.74, 6) is 1.40. The van der Waals surface area contributed by atoms with Crippen LogP contribution >= 0.6 is 11.6 Å². The quantitative estimate of drug-likeness (QED) is 0.642. The van der Waals surface area contributed by atoms with Gasteiger partial charge in [-0.1, -0.05) is 11.6 Å². The fourth-order valence-electron chi connectivity index (χ4n) is 4.14. The zero-order chi connectivity index (χ0) is 20.2. The Morgan fingerprint density at radius 2 is 1.90 bits per heavy atom. The van der Waals surface area contributed by atoms with Gasteiger partial charge in [-0.05, 0) is 13.3 Å². The highest BCUT2D eigenvalue weighted by atomic mass is 35.5. The minimum absolute atomic E-state index is 0.150. The van der Waals surface area contributed by atoms with Crippen molar-refractivity contribution in [2.75, 3.05) is 36.0 Å². The Labute approximate surface area is 170 Å². The van der Waals surface area contributed by atoms with Gasteiger partial charge in [0.05, 0.1) is 29.3 Å². The van der Waals surface area contributed by atoms with Crippen molar-refractivity contribution in [2.24, 2.45) is 5.41 Å². The highest BCUT2D eigenvalue weighted by Gasteiger charge is 2.49. The standard InChI is InChI=1S/C18H19ClF2N8/c1-11-12(19)4-23-17(25-11)28-9-18(10-28)2-3-27(8-18)15-6-22-13-5-24-29(7-14(20)21)16(13)26-15/h4-6,14H,2-3,7-10H2,1H3. The van der Waals surface area contributed by atoms with Gasteiger partial charge >= 0.3 is 0 Å². The van der Waals surface area contributed by atoms with E-state index < -0.39 is 13.0 Å². The molecule has 0 aliphatic carbocycles. The number of aromatic nitrogens is 6. The van der Waals surface area contributed by atoms with E-state index in [1.54, 1.807) is 12.4 Å². The van der Waals surface area contributed by atoms with Crippen LogP contribution in [0.2, 0.25) is 5.02 Å². The van der Waals surface area contributed by atoms with Gasteiger partial charge in [0.2, 0.25) is 5.95 Å². The van der Waals surface area contributed by atoms with Gasteiger partial charge in [0.15, 0.2) is 5.65 Å². The van der Waals surface area contributed by atoms with E-state index >= 15 is 0 Å². The molecule has 0 saturated carbocycles. The number of halogens is 3. The molecule has 0 atom stereocenters. The third-order valence-corrected chi connectivity index (χ3v) is 6.02. The molecule has 0 aromatic carbocycles. The molecule has 11 heteroatoms. The normalized spacial score (nSPS) is 18.2. The van der Waals surface area contributed by atoms with Crippen LogP contribution in [0.1, 0.15) is 12.1 Å². The summed E-state index contributed by atoms with van der Waals surface area (Å²) < 4.78 is 26.7.